The zero-order valence-electron chi connectivity index (χ0n) is 15.1. The summed E-state index contributed by atoms with van der Waals surface area (Å²) in [5.41, 5.74) is -1.99. The molecule has 0 atom stereocenters. The second kappa shape index (κ2) is 7.21. The fourth-order valence-electron chi connectivity index (χ4n) is 2.65. The van der Waals surface area contributed by atoms with Crippen LogP contribution in [0.15, 0.2) is 24.3 Å². The Morgan fingerprint density at radius 3 is 2.16 bits per heavy atom. The van der Waals surface area contributed by atoms with Gasteiger partial charge in [-0.2, -0.15) is 0 Å². The number of amides is 1. The molecule has 1 aromatic rings. The molecule has 0 unspecified atom stereocenters. The molecule has 1 saturated heterocycles. The van der Waals surface area contributed by atoms with E-state index < -0.39 is 23.3 Å². The van der Waals surface area contributed by atoms with Gasteiger partial charge in [0.1, 0.15) is 5.60 Å². The molecule has 1 aliphatic rings. The lowest BCUT2D eigenvalue weighted by atomic mass is 9.91. The predicted molar refractivity (Wildman–Crippen MR) is 91.0 cm³/mol. The third-order valence-electron chi connectivity index (χ3n) is 3.99. The van der Waals surface area contributed by atoms with E-state index in [9.17, 15) is 14.7 Å². The highest BCUT2D eigenvalue weighted by Gasteiger charge is 2.46. The second-order valence-corrected chi connectivity index (χ2v) is 7.02. The van der Waals surface area contributed by atoms with Crippen LogP contribution in [0, 0.1) is 0 Å². The molecule has 1 aliphatic heterocycles. The second-order valence-electron chi connectivity index (χ2n) is 7.02. The van der Waals surface area contributed by atoms with Crippen molar-refractivity contribution in [2.45, 2.75) is 44.8 Å². The number of nitrogens with zero attached hydrogens (tertiary/aromatic N) is 1. The molecule has 138 valence electrons. The molecule has 0 aliphatic carbocycles. The van der Waals surface area contributed by atoms with Gasteiger partial charge in [0.05, 0.1) is 7.11 Å². The number of piperidine rings is 1. The van der Waals surface area contributed by atoms with Crippen LogP contribution < -0.4 is 9.47 Å². The smallest absolute Gasteiger partial charge is 0.410 e. The van der Waals surface area contributed by atoms with Crippen LogP contribution in [-0.4, -0.2) is 53.5 Å². The number of aliphatic carboxylic acids is 1. The highest BCUT2D eigenvalue weighted by atomic mass is 16.6. The van der Waals surface area contributed by atoms with Gasteiger partial charge < -0.3 is 24.2 Å². The topological polar surface area (TPSA) is 85.3 Å². The molecule has 0 bridgehead atoms. The summed E-state index contributed by atoms with van der Waals surface area (Å²) < 4.78 is 16.4. The van der Waals surface area contributed by atoms with E-state index in [1.54, 1.807) is 45.0 Å². The van der Waals surface area contributed by atoms with Crippen LogP contribution in [0.3, 0.4) is 0 Å². The Morgan fingerprint density at radius 1 is 1.12 bits per heavy atom. The van der Waals surface area contributed by atoms with Crippen molar-refractivity contribution in [3.63, 3.8) is 0 Å². The van der Waals surface area contributed by atoms with Gasteiger partial charge in [0.2, 0.25) is 5.60 Å². The lowest BCUT2D eigenvalue weighted by Crippen LogP contribution is -2.54. The largest absolute Gasteiger partial charge is 0.493 e. The van der Waals surface area contributed by atoms with Crippen molar-refractivity contribution in [2.24, 2.45) is 0 Å². The molecule has 1 amide bonds. The minimum Gasteiger partial charge on any atom is -0.493 e. The number of carboxylic acids is 1. The number of hydrogen-bond donors (Lipinski definition) is 1. The number of likely N-dealkylation sites (tertiary alicyclic amines) is 1. The number of carbonyl (C=O) groups excluding carboxylic acids is 1. The Bertz CT molecular complexity index is 629. The van der Waals surface area contributed by atoms with Crippen LogP contribution in [0.4, 0.5) is 4.79 Å². The van der Waals surface area contributed by atoms with Crippen molar-refractivity contribution < 1.29 is 28.9 Å². The molecule has 0 saturated carbocycles. The van der Waals surface area contributed by atoms with Gasteiger partial charge in [0.25, 0.3) is 0 Å². The molecule has 7 nitrogen and oxygen atoms in total. The Labute approximate surface area is 147 Å². The summed E-state index contributed by atoms with van der Waals surface area (Å²) in [4.78, 5) is 25.5. The van der Waals surface area contributed by atoms with E-state index in [1.165, 1.54) is 12.0 Å². The molecule has 1 fully saturated rings. The number of ether oxygens (including phenoxy) is 3. The zero-order valence-corrected chi connectivity index (χ0v) is 15.1. The lowest BCUT2D eigenvalue weighted by molar-refractivity contribution is -0.159. The first-order chi connectivity index (χ1) is 11.7. The molecule has 0 aromatic heterocycles. The number of carbonyl (C=O) groups is 2. The molecule has 1 aromatic carbocycles. The number of methoxy groups -OCH3 is 1. The molecule has 0 spiro atoms. The van der Waals surface area contributed by atoms with Crippen LogP contribution in [0.2, 0.25) is 0 Å². The molecule has 25 heavy (non-hydrogen) atoms. The van der Waals surface area contributed by atoms with Gasteiger partial charge in [-0.25, -0.2) is 9.59 Å². The highest BCUT2D eigenvalue weighted by Crippen LogP contribution is 2.34. The van der Waals surface area contributed by atoms with Crippen molar-refractivity contribution in [1.29, 1.82) is 0 Å². The maximum Gasteiger partial charge on any atom is 0.410 e. The molecule has 2 rings (SSSR count). The van der Waals surface area contributed by atoms with Crippen LogP contribution in [0.5, 0.6) is 11.5 Å². The van der Waals surface area contributed by atoms with E-state index in [4.69, 9.17) is 14.2 Å². The average molecular weight is 351 g/mol. The summed E-state index contributed by atoms with van der Waals surface area (Å²) in [5.74, 6) is -0.210. The molecule has 0 radical (unpaired) electrons. The van der Waals surface area contributed by atoms with Gasteiger partial charge in [-0.1, -0.05) is 12.1 Å². The summed E-state index contributed by atoms with van der Waals surface area (Å²) in [6.07, 6.45) is -0.108. The number of hydrogen-bond acceptors (Lipinski definition) is 5. The highest BCUT2D eigenvalue weighted by molar-refractivity contribution is 5.79. The number of para-hydroxylation sites is 2. The van der Waals surface area contributed by atoms with Gasteiger partial charge in [-0.05, 0) is 32.9 Å². The number of rotatable bonds is 4. The molecule has 1 heterocycles. The van der Waals surface area contributed by atoms with Crippen LogP contribution in [0.25, 0.3) is 0 Å². The summed E-state index contributed by atoms with van der Waals surface area (Å²) in [6, 6.07) is 6.91. The fourth-order valence-corrected chi connectivity index (χ4v) is 2.65. The molecule has 7 heteroatoms. The van der Waals surface area contributed by atoms with Gasteiger partial charge in [0.15, 0.2) is 11.5 Å². The summed E-state index contributed by atoms with van der Waals surface area (Å²) in [7, 11) is 1.50. The average Bonchev–Trinajstić information content (AvgIpc) is 2.54. The Morgan fingerprint density at radius 2 is 1.68 bits per heavy atom. The van der Waals surface area contributed by atoms with Crippen LogP contribution in [0.1, 0.15) is 33.6 Å². The standard InChI is InChI=1S/C18H25NO6/c1-17(2,3)25-16(22)19-11-9-18(10-12-19,15(20)21)24-14-8-6-5-7-13(14)23-4/h5-8H,9-12H2,1-4H3,(H,20,21). The third kappa shape index (κ3) is 4.55. The third-order valence-corrected chi connectivity index (χ3v) is 3.99. The van der Waals surface area contributed by atoms with Crippen LogP contribution in [-0.2, 0) is 9.53 Å². The summed E-state index contributed by atoms with van der Waals surface area (Å²) in [5, 5.41) is 9.72. The summed E-state index contributed by atoms with van der Waals surface area (Å²) in [6.45, 7) is 5.87. The quantitative estimate of drug-likeness (QED) is 0.898. The van der Waals surface area contributed by atoms with E-state index in [0.29, 0.717) is 11.5 Å². The Balaban J connectivity index is 2.11. The first-order valence-corrected chi connectivity index (χ1v) is 8.20. The first-order valence-electron chi connectivity index (χ1n) is 8.20. The first kappa shape index (κ1) is 18.9. The number of benzene rings is 1. The van der Waals surface area contributed by atoms with Crippen molar-refractivity contribution in [1.82, 2.24) is 4.90 Å². The maximum absolute atomic E-state index is 12.1. The van der Waals surface area contributed by atoms with E-state index in [1.807, 2.05) is 0 Å². The van der Waals surface area contributed by atoms with E-state index in [0.717, 1.165) is 0 Å². The lowest BCUT2D eigenvalue weighted by Gasteiger charge is -2.39. The van der Waals surface area contributed by atoms with Gasteiger partial charge in [-0.15, -0.1) is 0 Å². The zero-order chi connectivity index (χ0) is 18.7. The minimum absolute atomic E-state index is 0.166. The van der Waals surface area contributed by atoms with E-state index in [-0.39, 0.29) is 25.9 Å². The molecular weight excluding hydrogens is 326 g/mol. The van der Waals surface area contributed by atoms with Crippen molar-refractivity contribution in [2.75, 3.05) is 20.2 Å². The van der Waals surface area contributed by atoms with Crippen LogP contribution >= 0.6 is 0 Å². The van der Waals surface area contributed by atoms with Crippen molar-refractivity contribution >= 4 is 12.1 Å². The number of carboxylic acid groups (broad SMARTS) is 1. The fraction of sp³-hybridized carbons (Fsp3) is 0.556. The normalized spacial score (nSPS) is 16.9. The maximum atomic E-state index is 12.1. The van der Waals surface area contributed by atoms with E-state index >= 15 is 0 Å². The molecular formula is C18H25NO6. The van der Waals surface area contributed by atoms with Gasteiger partial charge in [-0.3, -0.25) is 0 Å². The molecule has 1 N–H and O–H groups in total. The minimum atomic E-state index is -1.40. The van der Waals surface area contributed by atoms with Gasteiger partial charge >= 0.3 is 12.1 Å². The summed E-state index contributed by atoms with van der Waals surface area (Å²) >= 11 is 0. The SMILES string of the molecule is COc1ccccc1OC1(C(=O)O)CCN(C(=O)OC(C)(C)C)CC1. The Kier molecular flexibility index (Phi) is 5.45. The van der Waals surface area contributed by atoms with E-state index in [2.05, 4.69) is 0 Å². The van der Waals surface area contributed by atoms with Crippen molar-refractivity contribution in [3.8, 4) is 11.5 Å². The van der Waals surface area contributed by atoms with Gasteiger partial charge in [0, 0.05) is 25.9 Å². The Hall–Kier alpha value is -2.44. The predicted octanol–water partition coefficient (Wildman–Crippen LogP) is 2.93. The monoisotopic (exact) mass is 351 g/mol. The van der Waals surface area contributed by atoms with Crippen molar-refractivity contribution in [3.05, 3.63) is 24.3 Å².